The number of hydrogen-bond donors (Lipinski definition) is 0. The molecule has 0 heterocycles. The maximum atomic E-state index is 4.53. The van der Waals surface area contributed by atoms with Crippen molar-refractivity contribution >= 4 is 38.3 Å². The molecule has 0 bridgehead atoms. The molecule has 0 saturated heterocycles. The van der Waals surface area contributed by atoms with E-state index in [-0.39, 0.29) is 0 Å². The van der Waals surface area contributed by atoms with Crippen LogP contribution in [0.4, 0.5) is 0 Å². The number of rotatable bonds is 11. The fraction of sp³-hybridized carbons (Fsp3) is 0.0714. The largest absolute Gasteiger partial charge is 0.0985 e. The minimum absolute atomic E-state index is 0.329. The van der Waals surface area contributed by atoms with Crippen LogP contribution in [-0.4, -0.2) is 0 Å². The van der Waals surface area contributed by atoms with Gasteiger partial charge in [0.25, 0.3) is 0 Å². The van der Waals surface area contributed by atoms with Crippen molar-refractivity contribution in [2.24, 2.45) is 5.92 Å². The molecule has 270 valence electrons. The Labute approximate surface area is 332 Å². The Morgan fingerprint density at radius 3 is 1.36 bits per heavy atom. The van der Waals surface area contributed by atoms with Crippen LogP contribution in [-0.2, 0) is 0 Å². The summed E-state index contributed by atoms with van der Waals surface area (Å²) in [7, 11) is 0. The third kappa shape index (κ3) is 7.22. The molecule has 0 aliphatic heterocycles. The summed E-state index contributed by atoms with van der Waals surface area (Å²) in [5.74, 6) is 0.329. The first-order chi connectivity index (χ1) is 27.4. The van der Waals surface area contributed by atoms with E-state index in [1.54, 1.807) is 6.08 Å². The molecule has 0 amide bonds. The first-order valence-electron chi connectivity index (χ1n) is 19.5. The molecule has 56 heavy (non-hydrogen) atoms. The van der Waals surface area contributed by atoms with Gasteiger partial charge in [-0.1, -0.05) is 203 Å². The SMILES string of the molecule is C=CC(=C)c1ccc(-c2ccc3c(-c4ccccc4)c4cc(-c5ccc(C(=C)C(C)C/C=C(\C)c6ccccc6)cc5)ccc4c(-c4ccccc4)c3c2)cc1. The molecule has 8 aromatic rings. The molecule has 0 fully saturated rings. The molecule has 0 aromatic heterocycles. The van der Waals surface area contributed by atoms with Gasteiger partial charge in [0.2, 0.25) is 0 Å². The summed E-state index contributed by atoms with van der Waals surface area (Å²) < 4.78 is 0. The third-order valence-electron chi connectivity index (χ3n) is 11.3. The van der Waals surface area contributed by atoms with Crippen LogP contribution in [0, 0.1) is 5.92 Å². The first kappa shape index (κ1) is 36.2. The zero-order chi connectivity index (χ0) is 38.6. The van der Waals surface area contributed by atoms with Gasteiger partial charge in [-0.25, -0.2) is 0 Å². The molecular weight excluding hydrogens is 673 g/mol. The highest BCUT2D eigenvalue weighted by Crippen LogP contribution is 2.46. The molecule has 0 saturated carbocycles. The summed E-state index contributed by atoms with van der Waals surface area (Å²) in [6.45, 7) is 17.0. The number of fused-ring (bicyclic) bond motifs is 2. The van der Waals surface area contributed by atoms with Crippen molar-refractivity contribution in [2.75, 3.05) is 0 Å². The van der Waals surface area contributed by atoms with Gasteiger partial charge in [-0.15, -0.1) is 0 Å². The molecule has 0 spiro atoms. The second-order valence-corrected chi connectivity index (χ2v) is 14.8. The van der Waals surface area contributed by atoms with Gasteiger partial charge < -0.3 is 0 Å². The zero-order valence-corrected chi connectivity index (χ0v) is 32.3. The summed E-state index contributed by atoms with van der Waals surface area (Å²) in [5.41, 5.74) is 16.6. The summed E-state index contributed by atoms with van der Waals surface area (Å²) in [4.78, 5) is 0. The van der Waals surface area contributed by atoms with Crippen LogP contribution in [0.5, 0.6) is 0 Å². The van der Waals surface area contributed by atoms with Gasteiger partial charge in [0.05, 0.1) is 0 Å². The number of allylic oxidation sites excluding steroid dienone is 5. The van der Waals surface area contributed by atoms with Gasteiger partial charge in [-0.05, 0) is 131 Å². The van der Waals surface area contributed by atoms with E-state index in [1.807, 2.05) is 0 Å². The maximum absolute atomic E-state index is 4.53. The molecule has 0 N–H and O–H groups in total. The lowest BCUT2D eigenvalue weighted by molar-refractivity contribution is 0.768. The smallest absolute Gasteiger partial charge is 0.00261 e. The van der Waals surface area contributed by atoms with Crippen molar-refractivity contribution in [3.63, 3.8) is 0 Å². The monoisotopic (exact) mass is 718 g/mol. The molecule has 1 unspecified atom stereocenters. The van der Waals surface area contributed by atoms with Gasteiger partial charge in [0.1, 0.15) is 0 Å². The van der Waals surface area contributed by atoms with Gasteiger partial charge >= 0.3 is 0 Å². The van der Waals surface area contributed by atoms with Crippen LogP contribution in [0.15, 0.2) is 208 Å². The average molecular weight is 719 g/mol. The Morgan fingerprint density at radius 1 is 0.464 bits per heavy atom. The molecular formula is C56H46. The predicted molar refractivity (Wildman–Crippen MR) is 245 cm³/mol. The van der Waals surface area contributed by atoms with E-state index in [0.717, 1.165) is 23.1 Å². The number of hydrogen-bond acceptors (Lipinski definition) is 0. The highest BCUT2D eigenvalue weighted by atomic mass is 14.2. The summed E-state index contributed by atoms with van der Waals surface area (Å²) in [6.07, 6.45) is 5.10. The normalized spacial score (nSPS) is 12.1. The quantitative estimate of drug-likeness (QED) is 0.0923. The lowest BCUT2D eigenvalue weighted by atomic mass is 9.83. The highest BCUT2D eigenvalue weighted by Gasteiger charge is 2.19. The second-order valence-electron chi connectivity index (χ2n) is 14.8. The van der Waals surface area contributed by atoms with E-state index in [4.69, 9.17) is 0 Å². The van der Waals surface area contributed by atoms with Crippen molar-refractivity contribution in [2.45, 2.75) is 20.3 Å². The Kier molecular flexibility index (Phi) is 10.3. The van der Waals surface area contributed by atoms with E-state index in [9.17, 15) is 0 Å². The maximum Gasteiger partial charge on any atom is -0.00261 e. The molecule has 0 heteroatoms. The minimum atomic E-state index is 0.329. The fourth-order valence-electron chi connectivity index (χ4n) is 7.89. The number of benzene rings is 8. The molecule has 0 radical (unpaired) electrons. The van der Waals surface area contributed by atoms with Crippen LogP contribution in [0.2, 0.25) is 0 Å². The van der Waals surface area contributed by atoms with E-state index < -0.39 is 0 Å². The molecule has 0 nitrogen and oxygen atoms in total. The van der Waals surface area contributed by atoms with E-state index >= 15 is 0 Å². The van der Waals surface area contributed by atoms with Gasteiger partial charge in [0.15, 0.2) is 0 Å². The summed E-state index contributed by atoms with van der Waals surface area (Å²) >= 11 is 0. The van der Waals surface area contributed by atoms with E-state index in [2.05, 4.69) is 216 Å². The third-order valence-corrected chi connectivity index (χ3v) is 11.3. The van der Waals surface area contributed by atoms with Crippen LogP contribution >= 0.6 is 0 Å². The van der Waals surface area contributed by atoms with Gasteiger partial charge in [-0.2, -0.15) is 0 Å². The molecule has 8 aromatic carbocycles. The van der Waals surface area contributed by atoms with Crippen LogP contribution in [0.25, 0.3) is 82.8 Å². The second kappa shape index (κ2) is 15.9. The topological polar surface area (TPSA) is 0 Å². The van der Waals surface area contributed by atoms with Gasteiger partial charge in [-0.3, -0.25) is 0 Å². The van der Waals surface area contributed by atoms with Crippen LogP contribution in [0.1, 0.15) is 37.0 Å². The summed E-state index contributed by atoms with van der Waals surface area (Å²) in [5, 5.41) is 4.94. The molecule has 0 aliphatic rings. The lowest BCUT2D eigenvalue weighted by Gasteiger charge is -2.20. The van der Waals surface area contributed by atoms with Crippen molar-refractivity contribution in [1.82, 2.24) is 0 Å². The Morgan fingerprint density at radius 2 is 0.893 bits per heavy atom. The van der Waals surface area contributed by atoms with Crippen molar-refractivity contribution < 1.29 is 0 Å². The molecule has 0 aliphatic carbocycles. The van der Waals surface area contributed by atoms with Crippen LogP contribution in [0.3, 0.4) is 0 Å². The fourth-order valence-corrected chi connectivity index (χ4v) is 7.89. The Balaban J connectivity index is 1.22. The highest BCUT2D eigenvalue weighted by molar-refractivity contribution is 6.22. The van der Waals surface area contributed by atoms with Crippen LogP contribution < -0.4 is 0 Å². The average Bonchev–Trinajstić information content (AvgIpc) is 3.27. The van der Waals surface area contributed by atoms with Crippen molar-refractivity contribution in [1.29, 1.82) is 0 Å². The standard InChI is InChI=1S/C56H46/c1-6-38(2)43-24-28-45(29-25-43)49-32-34-51-53(36-49)55(47-18-12-8-13-19-47)52-35-33-50(37-54(52)56(51)48-20-14-9-15-21-48)46-30-26-44(27-31-46)41(5)39(3)22-23-40(4)42-16-10-7-11-17-42/h6-21,23-37,39H,1-2,5,22H2,3-4H3/b40-23+. The Bertz CT molecular complexity index is 2730. The predicted octanol–water partition coefficient (Wildman–Crippen LogP) is 16.0. The van der Waals surface area contributed by atoms with Crippen molar-refractivity contribution in [3.8, 4) is 44.5 Å². The zero-order valence-electron chi connectivity index (χ0n) is 32.3. The first-order valence-corrected chi connectivity index (χ1v) is 19.5. The minimum Gasteiger partial charge on any atom is -0.0985 e. The summed E-state index contributed by atoms with van der Waals surface area (Å²) in [6, 6.07) is 63.9. The van der Waals surface area contributed by atoms with Crippen molar-refractivity contribution in [3.05, 3.63) is 225 Å². The Hall–Kier alpha value is -6.76. The van der Waals surface area contributed by atoms with E-state index in [0.29, 0.717) is 5.92 Å². The van der Waals surface area contributed by atoms with Gasteiger partial charge in [0, 0.05) is 0 Å². The van der Waals surface area contributed by atoms with E-state index in [1.165, 1.54) is 82.8 Å². The molecule has 1 atom stereocenters. The lowest BCUT2D eigenvalue weighted by Crippen LogP contribution is -1.97. The molecule has 8 rings (SSSR count).